The summed E-state index contributed by atoms with van der Waals surface area (Å²) in [7, 11) is 0. The van der Waals surface area contributed by atoms with E-state index in [0.717, 1.165) is 12.2 Å². The molecule has 0 aliphatic heterocycles. The van der Waals surface area contributed by atoms with Crippen LogP contribution in [-0.4, -0.2) is 44.3 Å². The fourth-order valence-corrected chi connectivity index (χ4v) is 0.734. The summed E-state index contributed by atoms with van der Waals surface area (Å²) < 4.78 is 0. The minimum absolute atomic E-state index is 0. The van der Waals surface area contributed by atoms with Crippen molar-refractivity contribution in [1.82, 2.24) is 0 Å². The third-order valence-corrected chi connectivity index (χ3v) is 1.55. The molecule has 0 radical (unpaired) electrons. The molecule has 0 saturated carbocycles. The standard InChI is InChI=1S/C6H8O4.C5H6O4.2Ni/c1-2-3-4(5(7)8)6(9)10;6-4(7)2-1-3-5(8)9;;/h2,4H,1,3H2,(H,7,8)(H,9,10);1-2H,3H2,(H,6,7)(H,8,9);;. The van der Waals surface area contributed by atoms with Crippen LogP contribution < -0.4 is 0 Å². The summed E-state index contributed by atoms with van der Waals surface area (Å²) in [5.74, 6) is -6.17. The Balaban J connectivity index is -0.000000126. The fourth-order valence-electron chi connectivity index (χ4n) is 0.734. The molecule has 0 aliphatic rings. The number of carbonyl (C=O) groups is 4. The molecule has 0 aromatic rings. The maximum absolute atomic E-state index is 10.1. The number of carboxylic acid groups (broad SMARTS) is 4. The first-order valence-corrected chi connectivity index (χ1v) is 4.90. The van der Waals surface area contributed by atoms with Crippen molar-refractivity contribution in [3.05, 3.63) is 24.8 Å². The maximum atomic E-state index is 10.1. The minimum Gasteiger partial charge on any atom is -0.481 e. The zero-order valence-electron chi connectivity index (χ0n) is 10.5. The molecule has 0 atom stereocenters. The Labute approximate surface area is 140 Å². The van der Waals surface area contributed by atoms with Crippen LogP contribution >= 0.6 is 0 Å². The summed E-state index contributed by atoms with van der Waals surface area (Å²) in [6.45, 7) is 3.24. The molecular formula is C11H14Ni2O8. The largest absolute Gasteiger partial charge is 0.481 e. The number of carboxylic acids is 4. The van der Waals surface area contributed by atoms with Gasteiger partial charge in [0.05, 0.1) is 6.42 Å². The zero-order valence-corrected chi connectivity index (χ0v) is 12.5. The van der Waals surface area contributed by atoms with Gasteiger partial charge in [0, 0.05) is 39.1 Å². The molecule has 0 amide bonds. The van der Waals surface area contributed by atoms with Crippen LogP contribution in [0.3, 0.4) is 0 Å². The van der Waals surface area contributed by atoms with E-state index in [1.807, 2.05) is 0 Å². The molecular weight excluding hydrogens is 377 g/mol. The Morgan fingerprint density at radius 3 is 1.57 bits per heavy atom. The number of allylic oxidation sites excluding steroid dienone is 1. The Morgan fingerprint density at radius 1 is 0.952 bits per heavy atom. The average molecular weight is 392 g/mol. The van der Waals surface area contributed by atoms with E-state index >= 15 is 0 Å². The van der Waals surface area contributed by atoms with Gasteiger partial charge in [0.2, 0.25) is 0 Å². The summed E-state index contributed by atoms with van der Waals surface area (Å²) in [5.41, 5.74) is 0. The van der Waals surface area contributed by atoms with Gasteiger partial charge < -0.3 is 20.4 Å². The Morgan fingerprint density at radius 2 is 1.38 bits per heavy atom. The van der Waals surface area contributed by atoms with Crippen molar-refractivity contribution < 1.29 is 72.6 Å². The van der Waals surface area contributed by atoms with Crippen LogP contribution in [-0.2, 0) is 52.2 Å². The van der Waals surface area contributed by atoms with Gasteiger partial charge in [-0.3, -0.25) is 14.4 Å². The third-order valence-electron chi connectivity index (χ3n) is 1.55. The van der Waals surface area contributed by atoms with E-state index in [1.54, 1.807) is 0 Å². The normalized spacial score (nSPS) is 8.62. The van der Waals surface area contributed by atoms with Gasteiger partial charge in [-0.05, 0) is 6.42 Å². The van der Waals surface area contributed by atoms with Crippen molar-refractivity contribution in [2.75, 3.05) is 0 Å². The molecule has 0 aromatic heterocycles. The van der Waals surface area contributed by atoms with Gasteiger partial charge in [-0.15, -0.1) is 6.58 Å². The van der Waals surface area contributed by atoms with Gasteiger partial charge in [-0.2, -0.15) is 0 Å². The fraction of sp³-hybridized carbons (Fsp3) is 0.273. The summed E-state index contributed by atoms with van der Waals surface area (Å²) in [6.07, 6.45) is 2.86. The summed E-state index contributed by atoms with van der Waals surface area (Å²) >= 11 is 0. The van der Waals surface area contributed by atoms with Crippen LogP contribution in [0.2, 0.25) is 0 Å². The predicted octanol–water partition coefficient (Wildman–Crippen LogP) is 0.445. The van der Waals surface area contributed by atoms with E-state index in [2.05, 4.69) is 6.58 Å². The SMILES string of the molecule is C=CCC(C(=O)O)C(=O)O.O=C(O)C=CCC(=O)O.[Ni].[Ni]. The third kappa shape index (κ3) is 20.8. The molecule has 0 aromatic carbocycles. The Kier molecular flexibility index (Phi) is 21.6. The van der Waals surface area contributed by atoms with Crippen LogP contribution in [0.4, 0.5) is 0 Å². The molecule has 4 N–H and O–H groups in total. The molecule has 0 unspecified atom stereocenters. The van der Waals surface area contributed by atoms with Crippen molar-refractivity contribution in [3.63, 3.8) is 0 Å². The van der Waals surface area contributed by atoms with E-state index in [0.29, 0.717) is 0 Å². The van der Waals surface area contributed by atoms with E-state index in [1.165, 1.54) is 6.08 Å². The summed E-state index contributed by atoms with van der Waals surface area (Å²) in [6, 6.07) is 0. The molecule has 21 heavy (non-hydrogen) atoms. The Hall–Kier alpha value is -1.65. The number of hydrogen-bond donors (Lipinski definition) is 4. The number of aliphatic carboxylic acids is 4. The number of rotatable bonds is 7. The molecule has 0 spiro atoms. The molecule has 0 fully saturated rings. The van der Waals surface area contributed by atoms with E-state index in [4.69, 9.17) is 20.4 Å². The van der Waals surface area contributed by atoms with Crippen LogP contribution in [0.1, 0.15) is 12.8 Å². The predicted molar refractivity (Wildman–Crippen MR) is 62.6 cm³/mol. The topological polar surface area (TPSA) is 149 Å². The summed E-state index contributed by atoms with van der Waals surface area (Å²) in [5, 5.41) is 32.4. The van der Waals surface area contributed by atoms with Crippen molar-refractivity contribution in [1.29, 1.82) is 0 Å². The molecule has 8 nitrogen and oxygen atoms in total. The average Bonchev–Trinajstić information content (AvgIpc) is 2.24. The van der Waals surface area contributed by atoms with Crippen molar-refractivity contribution >= 4 is 23.9 Å². The van der Waals surface area contributed by atoms with Gasteiger partial charge in [0.15, 0.2) is 5.92 Å². The van der Waals surface area contributed by atoms with Crippen molar-refractivity contribution in [3.8, 4) is 0 Å². The Bertz CT molecular complexity index is 378. The van der Waals surface area contributed by atoms with Gasteiger partial charge in [-0.1, -0.05) is 12.2 Å². The van der Waals surface area contributed by atoms with Crippen LogP contribution in [0.25, 0.3) is 0 Å². The second kappa shape index (κ2) is 16.4. The first-order chi connectivity index (χ1) is 8.72. The van der Waals surface area contributed by atoms with E-state index < -0.39 is 29.8 Å². The first-order valence-electron chi connectivity index (χ1n) is 4.90. The molecule has 0 bridgehead atoms. The van der Waals surface area contributed by atoms with Gasteiger partial charge in [0.25, 0.3) is 0 Å². The minimum atomic E-state index is -1.35. The summed E-state index contributed by atoms with van der Waals surface area (Å²) in [4.78, 5) is 39.6. The van der Waals surface area contributed by atoms with Gasteiger partial charge in [-0.25, -0.2) is 4.79 Å². The zero-order chi connectivity index (χ0) is 15.4. The van der Waals surface area contributed by atoms with Crippen LogP contribution in [0, 0.1) is 5.92 Å². The molecule has 0 rings (SSSR count). The van der Waals surface area contributed by atoms with Crippen molar-refractivity contribution in [2.45, 2.75) is 12.8 Å². The molecule has 126 valence electrons. The molecule has 0 saturated heterocycles. The molecule has 0 heterocycles. The second-order valence-electron chi connectivity index (χ2n) is 3.09. The monoisotopic (exact) mass is 390 g/mol. The smallest absolute Gasteiger partial charge is 0.327 e. The van der Waals surface area contributed by atoms with E-state index in [9.17, 15) is 19.2 Å². The van der Waals surface area contributed by atoms with Gasteiger partial charge >= 0.3 is 23.9 Å². The maximum Gasteiger partial charge on any atom is 0.327 e. The van der Waals surface area contributed by atoms with E-state index in [-0.39, 0.29) is 45.8 Å². The van der Waals surface area contributed by atoms with Crippen LogP contribution in [0.15, 0.2) is 24.8 Å². The van der Waals surface area contributed by atoms with Crippen molar-refractivity contribution in [2.24, 2.45) is 5.92 Å². The quantitative estimate of drug-likeness (QED) is 0.211. The second-order valence-corrected chi connectivity index (χ2v) is 3.09. The molecule has 0 aliphatic carbocycles. The first kappa shape index (κ1) is 27.7. The van der Waals surface area contributed by atoms with Crippen LogP contribution in [0.5, 0.6) is 0 Å². The molecule has 10 heteroatoms. The number of hydrogen-bond acceptors (Lipinski definition) is 4. The van der Waals surface area contributed by atoms with Gasteiger partial charge in [0.1, 0.15) is 0 Å².